The van der Waals surface area contributed by atoms with Crippen LogP contribution in [0.1, 0.15) is 31.0 Å². The number of nitrogens with one attached hydrogen (secondary N) is 1. The number of anilines is 2. The molecule has 0 radical (unpaired) electrons. The molecule has 0 fully saturated rings. The molecule has 0 amide bonds. The highest BCUT2D eigenvalue weighted by molar-refractivity contribution is 5.81. The van der Waals surface area contributed by atoms with Gasteiger partial charge in [0.1, 0.15) is 17.8 Å². The Morgan fingerprint density at radius 1 is 1.00 bits per heavy atom. The summed E-state index contributed by atoms with van der Waals surface area (Å²) in [6, 6.07) is 7.81. The molecule has 5 aromatic heterocycles. The van der Waals surface area contributed by atoms with Gasteiger partial charge in [0.15, 0.2) is 12.2 Å². The van der Waals surface area contributed by atoms with E-state index in [1.165, 1.54) is 6.39 Å². The van der Waals surface area contributed by atoms with Crippen molar-refractivity contribution in [2.24, 2.45) is 0 Å². The van der Waals surface area contributed by atoms with E-state index in [1.807, 2.05) is 41.3 Å². The summed E-state index contributed by atoms with van der Waals surface area (Å²) in [5.41, 5.74) is 5.41. The van der Waals surface area contributed by atoms with Gasteiger partial charge in [-0.3, -0.25) is 9.67 Å². The highest BCUT2D eigenvalue weighted by atomic mass is 16.3. The van der Waals surface area contributed by atoms with E-state index in [-0.39, 0.29) is 0 Å². The largest absolute Gasteiger partial charge is 0.451 e. The third kappa shape index (κ3) is 4.11. The molecule has 0 bridgehead atoms. The zero-order chi connectivity index (χ0) is 21.2. The summed E-state index contributed by atoms with van der Waals surface area (Å²) in [6.07, 6.45) is 10.4. The SMILES string of the molecule is CC(C)c1cnnc(Nc2ccc3ncc(-c4cnn(Cc5cocn5)c4)cc3n2)c1. The molecule has 0 spiro atoms. The lowest BCUT2D eigenvalue weighted by Crippen LogP contribution is -2.00. The molecular weight excluding hydrogens is 392 g/mol. The van der Waals surface area contributed by atoms with Crippen LogP contribution in [0.2, 0.25) is 0 Å². The van der Waals surface area contributed by atoms with E-state index >= 15 is 0 Å². The maximum atomic E-state index is 5.01. The van der Waals surface area contributed by atoms with Crippen molar-refractivity contribution in [1.29, 1.82) is 0 Å². The molecule has 0 aliphatic rings. The van der Waals surface area contributed by atoms with Crippen LogP contribution in [0.3, 0.4) is 0 Å². The molecular formula is C22H20N8O. The van der Waals surface area contributed by atoms with E-state index in [0.717, 1.165) is 33.4 Å². The fourth-order valence-electron chi connectivity index (χ4n) is 3.20. The Morgan fingerprint density at radius 2 is 1.94 bits per heavy atom. The molecule has 154 valence electrons. The van der Waals surface area contributed by atoms with E-state index in [1.54, 1.807) is 18.7 Å². The van der Waals surface area contributed by atoms with Gasteiger partial charge < -0.3 is 9.73 Å². The van der Waals surface area contributed by atoms with Crippen LogP contribution >= 0.6 is 0 Å². The van der Waals surface area contributed by atoms with Crippen molar-refractivity contribution in [3.8, 4) is 11.1 Å². The molecule has 5 heterocycles. The number of hydrogen-bond donors (Lipinski definition) is 1. The molecule has 5 rings (SSSR count). The predicted molar refractivity (Wildman–Crippen MR) is 116 cm³/mol. The number of fused-ring (bicyclic) bond motifs is 1. The lowest BCUT2D eigenvalue weighted by Gasteiger charge is -2.09. The van der Waals surface area contributed by atoms with Crippen LogP contribution in [-0.4, -0.2) is 34.9 Å². The summed E-state index contributed by atoms with van der Waals surface area (Å²) in [4.78, 5) is 13.4. The molecule has 9 nitrogen and oxygen atoms in total. The Morgan fingerprint density at radius 3 is 2.77 bits per heavy atom. The van der Waals surface area contributed by atoms with Gasteiger partial charge in [-0.1, -0.05) is 13.8 Å². The Balaban J connectivity index is 1.40. The lowest BCUT2D eigenvalue weighted by molar-refractivity contribution is 0.554. The highest BCUT2D eigenvalue weighted by Gasteiger charge is 2.08. The van der Waals surface area contributed by atoms with Gasteiger partial charge in [0.2, 0.25) is 0 Å². The Labute approximate surface area is 178 Å². The van der Waals surface area contributed by atoms with Gasteiger partial charge in [-0.05, 0) is 35.7 Å². The molecule has 31 heavy (non-hydrogen) atoms. The van der Waals surface area contributed by atoms with Crippen molar-refractivity contribution < 1.29 is 4.42 Å². The second kappa shape index (κ2) is 7.94. The van der Waals surface area contributed by atoms with Crippen molar-refractivity contribution in [2.45, 2.75) is 26.3 Å². The Hall–Kier alpha value is -4.14. The predicted octanol–water partition coefficient (Wildman–Crippen LogP) is 4.19. The zero-order valence-corrected chi connectivity index (χ0v) is 17.1. The fraction of sp³-hybridized carbons (Fsp3) is 0.182. The van der Waals surface area contributed by atoms with E-state index in [2.05, 4.69) is 44.4 Å². The monoisotopic (exact) mass is 412 g/mol. The van der Waals surface area contributed by atoms with Crippen LogP contribution in [0.15, 0.2) is 66.1 Å². The molecule has 5 aromatic rings. The topological polar surface area (TPSA) is 107 Å². The van der Waals surface area contributed by atoms with E-state index in [4.69, 9.17) is 9.40 Å². The van der Waals surface area contributed by atoms with Crippen molar-refractivity contribution in [2.75, 3.05) is 5.32 Å². The van der Waals surface area contributed by atoms with Crippen LogP contribution in [0.25, 0.3) is 22.2 Å². The molecule has 0 aliphatic carbocycles. The quantitative estimate of drug-likeness (QED) is 0.442. The minimum atomic E-state index is 0.373. The standard InChI is InChI=1S/C22H20N8O/c1-14(2)15-6-22(29-25-8-15)28-21-4-3-19-20(27-21)5-16(7-23-19)17-9-26-30(10-17)11-18-12-31-13-24-18/h3-10,12-14H,11H2,1-2H3,(H,27,28,29). The number of rotatable bonds is 6. The van der Waals surface area contributed by atoms with Gasteiger partial charge in [0, 0.05) is 23.5 Å². The van der Waals surface area contributed by atoms with Crippen LogP contribution in [-0.2, 0) is 6.54 Å². The number of nitrogens with zero attached hydrogens (tertiary/aromatic N) is 7. The third-order valence-corrected chi connectivity index (χ3v) is 4.91. The van der Waals surface area contributed by atoms with Crippen LogP contribution in [0, 0.1) is 0 Å². The summed E-state index contributed by atoms with van der Waals surface area (Å²) in [5, 5.41) is 15.9. The smallest absolute Gasteiger partial charge is 0.180 e. The van der Waals surface area contributed by atoms with E-state index < -0.39 is 0 Å². The minimum absolute atomic E-state index is 0.373. The first-order valence-corrected chi connectivity index (χ1v) is 9.90. The molecule has 0 saturated heterocycles. The normalized spacial score (nSPS) is 11.3. The van der Waals surface area contributed by atoms with Gasteiger partial charge in [-0.2, -0.15) is 10.2 Å². The molecule has 9 heteroatoms. The highest BCUT2D eigenvalue weighted by Crippen LogP contribution is 2.24. The van der Waals surface area contributed by atoms with Crippen molar-refractivity contribution in [1.82, 2.24) is 34.9 Å². The van der Waals surface area contributed by atoms with E-state index in [0.29, 0.717) is 24.1 Å². The summed E-state index contributed by atoms with van der Waals surface area (Å²) in [6.45, 7) is 4.78. The summed E-state index contributed by atoms with van der Waals surface area (Å²) in [7, 11) is 0. The summed E-state index contributed by atoms with van der Waals surface area (Å²) >= 11 is 0. The zero-order valence-electron chi connectivity index (χ0n) is 17.1. The average molecular weight is 412 g/mol. The summed E-state index contributed by atoms with van der Waals surface area (Å²) in [5.74, 6) is 1.72. The number of aromatic nitrogens is 7. The van der Waals surface area contributed by atoms with Crippen molar-refractivity contribution in [3.05, 3.63) is 73.0 Å². The van der Waals surface area contributed by atoms with Crippen LogP contribution < -0.4 is 5.32 Å². The third-order valence-electron chi connectivity index (χ3n) is 4.91. The Kier molecular flexibility index (Phi) is 4.83. The molecule has 1 N–H and O–H groups in total. The van der Waals surface area contributed by atoms with Crippen LogP contribution in [0.5, 0.6) is 0 Å². The second-order valence-electron chi connectivity index (χ2n) is 7.52. The molecule has 0 aromatic carbocycles. The first-order chi connectivity index (χ1) is 15.1. The fourth-order valence-corrected chi connectivity index (χ4v) is 3.20. The van der Waals surface area contributed by atoms with Gasteiger partial charge in [-0.15, -0.1) is 5.10 Å². The summed E-state index contributed by atoms with van der Waals surface area (Å²) < 4.78 is 6.82. The van der Waals surface area contributed by atoms with Gasteiger partial charge in [-0.25, -0.2) is 9.97 Å². The maximum Gasteiger partial charge on any atom is 0.180 e. The Bertz CT molecular complexity index is 1330. The molecule has 0 atom stereocenters. The number of hydrogen-bond acceptors (Lipinski definition) is 8. The minimum Gasteiger partial charge on any atom is -0.451 e. The van der Waals surface area contributed by atoms with Crippen LogP contribution in [0.4, 0.5) is 11.6 Å². The molecule has 0 aliphatic heterocycles. The second-order valence-corrected chi connectivity index (χ2v) is 7.52. The van der Waals surface area contributed by atoms with Crippen molar-refractivity contribution >= 4 is 22.7 Å². The van der Waals surface area contributed by atoms with Gasteiger partial charge in [0.25, 0.3) is 0 Å². The first kappa shape index (κ1) is 18.9. The molecule has 0 saturated carbocycles. The average Bonchev–Trinajstić information content (AvgIpc) is 3.46. The number of oxazole rings is 1. The lowest BCUT2D eigenvalue weighted by atomic mass is 10.1. The number of pyridine rings is 2. The van der Waals surface area contributed by atoms with E-state index in [9.17, 15) is 0 Å². The molecule has 0 unspecified atom stereocenters. The maximum absolute atomic E-state index is 5.01. The first-order valence-electron chi connectivity index (χ1n) is 9.90. The van der Waals surface area contributed by atoms with Crippen molar-refractivity contribution in [3.63, 3.8) is 0 Å². The van der Waals surface area contributed by atoms with Gasteiger partial charge >= 0.3 is 0 Å². The van der Waals surface area contributed by atoms with Gasteiger partial charge in [0.05, 0.1) is 30.0 Å².